The van der Waals surface area contributed by atoms with Crippen LogP contribution in [0.25, 0.3) is 0 Å². The van der Waals surface area contributed by atoms with E-state index in [-0.39, 0.29) is 11.8 Å². The van der Waals surface area contributed by atoms with Gasteiger partial charge < -0.3 is 10.8 Å². The van der Waals surface area contributed by atoms with Crippen LogP contribution >= 0.6 is 0 Å². The van der Waals surface area contributed by atoms with Gasteiger partial charge in [-0.25, -0.2) is 0 Å². The number of rotatable bonds is 2. The summed E-state index contributed by atoms with van der Waals surface area (Å²) in [5.74, 6) is -0.173. The topological polar surface area (TPSA) is 63.3 Å². The summed E-state index contributed by atoms with van der Waals surface area (Å²) in [5, 5.41) is 8.78. The van der Waals surface area contributed by atoms with Crippen molar-refractivity contribution >= 4 is 5.97 Å². The molecule has 0 spiro atoms. The van der Waals surface area contributed by atoms with E-state index in [1.54, 1.807) is 0 Å². The van der Waals surface area contributed by atoms with E-state index in [2.05, 4.69) is 6.92 Å². The number of hydrogen-bond donors (Lipinski definition) is 2. The molecule has 64 valence electrons. The highest BCUT2D eigenvalue weighted by Crippen LogP contribution is 2.35. The summed E-state index contributed by atoms with van der Waals surface area (Å²) in [6.45, 7) is 2.60. The molecule has 0 aliphatic heterocycles. The average molecular weight is 157 g/mol. The van der Waals surface area contributed by atoms with E-state index in [4.69, 9.17) is 10.8 Å². The van der Waals surface area contributed by atoms with Gasteiger partial charge in [-0.05, 0) is 31.2 Å². The molecule has 0 saturated heterocycles. The van der Waals surface area contributed by atoms with Crippen molar-refractivity contribution in [2.24, 2.45) is 23.5 Å². The van der Waals surface area contributed by atoms with Gasteiger partial charge in [-0.3, -0.25) is 4.79 Å². The first-order chi connectivity index (χ1) is 5.16. The van der Waals surface area contributed by atoms with Crippen LogP contribution in [0.4, 0.5) is 0 Å². The van der Waals surface area contributed by atoms with Crippen molar-refractivity contribution in [1.29, 1.82) is 0 Å². The van der Waals surface area contributed by atoms with Crippen molar-refractivity contribution in [3.05, 3.63) is 0 Å². The lowest BCUT2D eigenvalue weighted by Crippen LogP contribution is -2.27. The number of hydrogen-bond acceptors (Lipinski definition) is 2. The minimum Gasteiger partial charge on any atom is -0.481 e. The molecule has 0 aromatic rings. The molecule has 0 aromatic carbocycles. The molecule has 0 heterocycles. The molecule has 0 aromatic heterocycles. The van der Waals surface area contributed by atoms with Crippen LogP contribution in [-0.4, -0.2) is 17.6 Å². The maximum Gasteiger partial charge on any atom is 0.306 e. The molecular weight excluding hydrogens is 142 g/mol. The second-order valence-electron chi connectivity index (χ2n) is 3.40. The third-order valence-corrected chi connectivity index (χ3v) is 2.77. The Morgan fingerprint density at radius 3 is 2.64 bits per heavy atom. The maximum absolute atomic E-state index is 10.7. The summed E-state index contributed by atoms with van der Waals surface area (Å²) in [4.78, 5) is 10.7. The van der Waals surface area contributed by atoms with E-state index in [9.17, 15) is 4.79 Å². The average Bonchev–Trinajstić information content (AvgIpc) is 2.30. The molecule has 3 atom stereocenters. The Morgan fingerprint density at radius 1 is 1.64 bits per heavy atom. The van der Waals surface area contributed by atoms with Crippen molar-refractivity contribution in [3.63, 3.8) is 0 Å². The molecule has 1 aliphatic rings. The van der Waals surface area contributed by atoms with Crippen LogP contribution in [0.15, 0.2) is 0 Å². The number of nitrogens with two attached hydrogens (primary N) is 1. The highest BCUT2D eigenvalue weighted by Gasteiger charge is 2.36. The maximum atomic E-state index is 10.7. The fourth-order valence-electron chi connectivity index (χ4n) is 1.97. The third kappa shape index (κ3) is 1.53. The van der Waals surface area contributed by atoms with Crippen molar-refractivity contribution in [2.45, 2.75) is 19.8 Å². The molecule has 1 saturated carbocycles. The Kier molecular flexibility index (Phi) is 2.49. The van der Waals surface area contributed by atoms with Crippen LogP contribution in [-0.2, 0) is 4.79 Å². The Hall–Kier alpha value is -0.570. The lowest BCUT2D eigenvalue weighted by Gasteiger charge is -2.16. The van der Waals surface area contributed by atoms with Gasteiger partial charge in [0.2, 0.25) is 0 Å². The van der Waals surface area contributed by atoms with E-state index in [0.717, 1.165) is 12.8 Å². The molecule has 1 rings (SSSR count). The number of carboxylic acid groups (broad SMARTS) is 1. The predicted molar refractivity (Wildman–Crippen MR) is 42.1 cm³/mol. The standard InChI is InChI=1S/C8H15NO2/c1-5-2-3-6(8(10)11)7(5)4-9/h5-7H,2-4,9H2,1H3,(H,10,11)/t5-,6+,7+/m0/s1. The Bertz CT molecular complexity index is 158. The summed E-state index contributed by atoms with van der Waals surface area (Å²) in [7, 11) is 0. The van der Waals surface area contributed by atoms with Crippen LogP contribution in [0.2, 0.25) is 0 Å². The van der Waals surface area contributed by atoms with Gasteiger partial charge in [0.1, 0.15) is 0 Å². The highest BCUT2D eigenvalue weighted by atomic mass is 16.4. The van der Waals surface area contributed by atoms with Gasteiger partial charge in [-0.15, -0.1) is 0 Å². The highest BCUT2D eigenvalue weighted by molar-refractivity contribution is 5.70. The molecule has 3 N–H and O–H groups in total. The number of carboxylic acids is 1. The Morgan fingerprint density at radius 2 is 2.27 bits per heavy atom. The lowest BCUT2D eigenvalue weighted by atomic mass is 9.91. The molecule has 0 amide bonds. The van der Waals surface area contributed by atoms with Gasteiger partial charge in [0, 0.05) is 0 Å². The van der Waals surface area contributed by atoms with E-state index in [1.165, 1.54) is 0 Å². The summed E-state index contributed by atoms with van der Waals surface area (Å²) >= 11 is 0. The molecule has 1 fully saturated rings. The molecule has 0 bridgehead atoms. The monoisotopic (exact) mass is 157 g/mol. The van der Waals surface area contributed by atoms with Crippen LogP contribution < -0.4 is 5.73 Å². The number of aliphatic carboxylic acids is 1. The zero-order valence-electron chi connectivity index (χ0n) is 6.79. The lowest BCUT2D eigenvalue weighted by molar-refractivity contribution is -0.143. The SMILES string of the molecule is C[C@H]1CC[C@@H](C(=O)O)[C@@H]1CN. The van der Waals surface area contributed by atoms with E-state index >= 15 is 0 Å². The van der Waals surface area contributed by atoms with Crippen LogP contribution in [0.1, 0.15) is 19.8 Å². The Labute approximate surface area is 66.6 Å². The van der Waals surface area contributed by atoms with Gasteiger partial charge in [0.15, 0.2) is 0 Å². The first-order valence-corrected chi connectivity index (χ1v) is 4.09. The summed E-state index contributed by atoms with van der Waals surface area (Å²) in [6, 6.07) is 0. The molecule has 0 radical (unpaired) electrons. The fourth-order valence-corrected chi connectivity index (χ4v) is 1.97. The zero-order valence-corrected chi connectivity index (χ0v) is 6.79. The molecule has 3 heteroatoms. The van der Waals surface area contributed by atoms with E-state index < -0.39 is 5.97 Å². The van der Waals surface area contributed by atoms with E-state index in [1.807, 2.05) is 0 Å². The summed E-state index contributed by atoms with van der Waals surface area (Å²) in [6.07, 6.45) is 1.82. The molecule has 11 heavy (non-hydrogen) atoms. The Balaban J connectivity index is 2.61. The molecule has 1 aliphatic carbocycles. The first-order valence-electron chi connectivity index (χ1n) is 4.09. The minimum absolute atomic E-state index is 0.185. The van der Waals surface area contributed by atoms with Gasteiger partial charge in [-0.1, -0.05) is 6.92 Å². The first kappa shape index (κ1) is 8.53. The minimum atomic E-state index is -0.676. The van der Waals surface area contributed by atoms with Crippen molar-refractivity contribution in [2.75, 3.05) is 6.54 Å². The summed E-state index contributed by atoms with van der Waals surface area (Å²) in [5.41, 5.74) is 5.49. The van der Waals surface area contributed by atoms with Crippen molar-refractivity contribution in [3.8, 4) is 0 Å². The molecule has 3 nitrogen and oxygen atoms in total. The largest absolute Gasteiger partial charge is 0.481 e. The zero-order chi connectivity index (χ0) is 8.43. The normalized spacial score (nSPS) is 37.5. The molecular formula is C8H15NO2. The predicted octanol–water partition coefficient (Wildman–Crippen LogP) is 0.692. The fraction of sp³-hybridized carbons (Fsp3) is 0.875. The third-order valence-electron chi connectivity index (χ3n) is 2.77. The van der Waals surface area contributed by atoms with Crippen molar-refractivity contribution in [1.82, 2.24) is 0 Å². The second-order valence-corrected chi connectivity index (χ2v) is 3.40. The van der Waals surface area contributed by atoms with Gasteiger partial charge in [-0.2, -0.15) is 0 Å². The smallest absolute Gasteiger partial charge is 0.306 e. The van der Waals surface area contributed by atoms with E-state index in [0.29, 0.717) is 12.5 Å². The van der Waals surface area contributed by atoms with Crippen molar-refractivity contribution < 1.29 is 9.90 Å². The van der Waals surface area contributed by atoms with Crippen LogP contribution in [0.3, 0.4) is 0 Å². The summed E-state index contributed by atoms with van der Waals surface area (Å²) < 4.78 is 0. The van der Waals surface area contributed by atoms with Crippen LogP contribution in [0.5, 0.6) is 0 Å². The second kappa shape index (κ2) is 3.22. The van der Waals surface area contributed by atoms with Gasteiger partial charge in [0.25, 0.3) is 0 Å². The van der Waals surface area contributed by atoms with Crippen LogP contribution in [0, 0.1) is 17.8 Å². The quantitative estimate of drug-likeness (QED) is 0.620. The van der Waals surface area contributed by atoms with Gasteiger partial charge in [0.05, 0.1) is 5.92 Å². The van der Waals surface area contributed by atoms with Gasteiger partial charge >= 0.3 is 5.97 Å². The molecule has 0 unspecified atom stereocenters. The number of carbonyl (C=O) groups is 1.